The second-order valence-corrected chi connectivity index (χ2v) is 7.09. The van der Waals surface area contributed by atoms with Gasteiger partial charge < -0.3 is 35.0 Å². The van der Waals surface area contributed by atoms with E-state index in [9.17, 15) is 25.2 Å². The minimum absolute atomic E-state index is 0.0381. The molecule has 5 N–H and O–H groups in total. The van der Waals surface area contributed by atoms with Gasteiger partial charge in [-0.25, -0.2) is 0 Å². The molecule has 0 bridgehead atoms. The van der Waals surface area contributed by atoms with Crippen LogP contribution in [0.5, 0.6) is 0 Å². The number of hydrogen-bond acceptors (Lipinski definition) is 7. The molecule has 1 aliphatic heterocycles. The monoisotopic (exact) mass is 374 g/mol. The van der Waals surface area contributed by atoms with Gasteiger partial charge in [0, 0.05) is 6.42 Å². The highest BCUT2D eigenvalue weighted by atomic mass is 16.7. The van der Waals surface area contributed by atoms with Crippen LogP contribution < -0.4 is 0 Å². The highest BCUT2D eigenvalue weighted by Gasteiger charge is 2.47. The molecular weight excluding hydrogens is 344 g/mol. The molecule has 150 valence electrons. The van der Waals surface area contributed by atoms with E-state index in [0.717, 1.165) is 6.42 Å². The average Bonchev–Trinajstić information content (AvgIpc) is 2.96. The summed E-state index contributed by atoms with van der Waals surface area (Å²) in [5, 5.41) is 48.3. The fraction of sp³-hybridized carbons (Fsp3) is 0.833. The molecule has 26 heavy (non-hydrogen) atoms. The van der Waals surface area contributed by atoms with Crippen LogP contribution in [0, 0.1) is 11.8 Å². The lowest BCUT2D eigenvalue weighted by Crippen LogP contribution is -2.59. The Hall–Kier alpha value is -1.03. The highest BCUT2D eigenvalue weighted by molar-refractivity contribution is 5.67. The first-order valence-electron chi connectivity index (χ1n) is 9.21. The van der Waals surface area contributed by atoms with Crippen molar-refractivity contribution in [1.29, 1.82) is 0 Å². The summed E-state index contributed by atoms with van der Waals surface area (Å²) in [6.07, 6.45) is 0.0423. The minimum Gasteiger partial charge on any atom is -0.481 e. The van der Waals surface area contributed by atoms with Gasteiger partial charge >= 0.3 is 5.97 Å². The first-order valence-corrected chi connectivity index (χ1v) is 9.21. The molecule has 8 nitrogen and oxygen atoms in total. The zero-order valence-corrected chi connectivity index (χ0v) is 15.0. The first-order chi connectivity index (χ1) is 12.4. The van der Waals surface area contributed by atoms with E-state index in [2.05, 4.69) is 0 Å². The molecule has 8 heteroatoms. The van der Waals surface area contributed by atoms with E-state index in [1.54, 1.807) is 0 Å². The molecule has 0 aromatic rings. The van der Waals surface area contributed by atoms with Crippen molar-refractivity contribution in [2.45, 2.75) is 75.8 Å². The molecule has 2 fully saturated rings. The Balaban J connectivity index is 2.07. The fourth-order valence-corrected chi connectivity index (χ4v) is 3.87. The van der Waals surface area contributed by atoms with Crippen molar-refractivity contribution in [3.8, 4) is 0 Å². The zero-order valence-electron chi connectivity index (χ0n) is 15.0. The molecule has 1 saturated heterocycles. The van der Waals surface area contributed by atoms with Crippen LogP contribution in [0.15, 0.2) is 12.2 Å². The third-order valence-corrected chi connectivity index (χ3v) is 5.31. The minimum atomic E-state index is -1.49. The van der Waals surface area contributed by atoms with E-state index in [4.69, 9.17) is 14.6 Å². The van der Waals surface area contributed by atoms with Crippen LogP contribution in [0.3, 0.4) is 0 Å². The first kappa shape index (κ1) is 21.3. The molecule has 0 aromatic carbocycles. The Labute approximate surface area is 153 Å². The maximum atomic E-state index is 11.1. The summed E-state index contributed by atoms with van der Waals surface area (Å²) in [6, 6.07) is 0. The number of aliphatic hydroxyl groups is 4. The van der Waals surface area contributed by atoms with Gasteiger partial charge in [0.1, 0.15) is 24.4 Å². The van der Waals surface area contributed by atoms with E-state index in [1.165, 1.54) is 0 Å². The van der Waals surface area contributed by atoms with Crippen LogP contribution in [0.2, 0.25) is 0 Å². The second-order valence-electron chi connectivity index (χ2n) is 7.09. The summed E-state index contributed by atoms with van der Waals surface area (Å²) in [5.41, 5.74) is 0. The maximum Gasteiger partial charge on any atom is 0.303 e. The van der Waals surface area contributed by atoms with Gasteiger partial charge in [-0.3, -0.25) is 4.79 Å². The topological polar surface area (TPSA) is 137 Å². The summed E-state index contributed by atoms with van der Waals surface area (Å²) in [7, 11) is 0. The summed E-state index contributed by atoms with van der Waals surface area (Å²) in [5.74, 6) is -0.932. The lowest BCUT2D eigenvalue weighted by atomic mass is 9.88. The molecule has 8 atom stereocenters. The third-order valence-electron chi connectivity index (χ3n) is 5.31. The predicted octanol–water partition coefficient (Wildman–Crippen LogP) is 0.0287. The van der Waals surface area contributed by atoms with Gasteiger partial charge in [-0.05, 0) is 37.5 Å². The molecule has 1 unspecified atom stereocenters. The highest BCUT2D eigenvalue weighted by Crippen LogP contribution is 2.40. The van der Waals surface area contributed by atoms with Gasteiger partial charge in [0.05, 0.1) is 12.7 Å². The van der Waals surface area contributed by atoms with Gasteiger partial charge in [-0.15, -0.1) is 0 Å². The van der Waals surface area contributed by atoms with Crippen molar-refractivity contribution in [1.82, 2.24) is 0 Å². The standard InChI is InChI=1S/C18H30O8/c1-2-3-4-5-11-10(8-14(20)21)6-7-12(11)25-18-17(24)16(23)15(22)13(9-19)26-18/h3-4,10-13,15-19,22-24H,2,5-9H2,1H3,(H,20,21)/b4-3-/t10-,11+,12?,13-,15-,16+,17-,18-/m1/s1. The number of allylic oxidation sites excluding steroid dienone is 2. The van der Waals surface area contributed by atoms with Crippen molar-refractivity contribution >= 4 is 5.97 Å². The zero-order chi connectivity index (χ0) is 19.3. The number of rotatable bonds is 8. The Morgan fingerprint density at radius 1 is 1.15 bits per heavy atom. The number of aliphatic hydroxyl groups excluding tert-OH is 4. The van der Waals surface area contributed by atoms with Crippen LogP contribution in [-0.2, 0) is 14.3 Å². The SMILES string of the molecule is CC/C=C\C[C@@H]1C(O[C@@H]2O[C@H](CO)[C@@H](O)[C@H](O)[C@H]2O)CC[C@@H]1CC(=O)O. The summed E-state index contributed by atoms with van der Waals surface area (Å²) < 4.78 is 11.3. The maximum absolute atomic E-state index is 11.1. The number of aliphatic carboxylic acids is 1. The van der Waals surface area contributed by atoms with Crippen LogP contribution >= 0.6 is 0 Å². The number of carbonyl (C=O) groups is 1. The number of carboxylic acids is 1. The van der Waals surface area contributed by atoms with Crippen molar-refractivity contribution in [3.05, 3.63) is 12.2 Å². The molecule has 0 spiro atoms. The van der Waals surface area contributed by atoms with E-state index < -0.39 is 43.3 Å². The van der Waals surface area contributed by atoms with Crippen molar-refractivity contribution in [3.63, 3.8) is 0 Å². The van der Waals surface area contributed by atoms with Gasteiger partial charge in [0.15, 0.2) is 6.29 Å². The lowest BCUT2D eigenvalue weighted by molar-refractivity contribution is -0.313. The quantitative estimate of drug-likeness (QED) is 0.375. The van der Waals surface area contributed by atoms with E-state index in [1.807, 2.05) is 19.1 Å². The van der Waals surface area contributed by atoms with Crippen LogP contribution in [0.1, 0.15) is 39.0 Å². The molecule has 1 heterocycles. The molecule has 0 radical (unpaired) electrons. The number of hydrogen-bond donors (Lipinski definition) is 5. The molecule has 1 saturated carbocycles. The second kappa shape index (κ2) is 9.77. The van der Waals surface area contributed by atoms with Crippen LogP contribution in [0.25, 0.3) is 0 Å². The summed E-state index contributed by atoms with van der Waals surface area (Å²) in [4.78, 5) is 11.1. The molecule has 0 amide bonds. The van der Waals surface area contributed by atoms with E-state index in [0.29, 0.717) is 19.3 Å². The summed E-state index contributed by atoms with van der Waals surface area (Å²) >= 11 is 0. The Kier molecular flexibility index (Phi) is 8.00. The smallest absolute Gasteiger partial charge is 0.303 e. The Morgan fingerprint density at radius 2 is 1.88 bits per heavy atom. The third kappa shape index (κ3) is 5.03. The molecule has 2 rings (SSSR count). The number of carboxylic acid groups (broad SMARTS) is 1. The van der Waals surface area contributed by atoms with E-state index in [-0.39, 0.29) is 24.4 Å². The average molecular weight is 374 g/mol. The van der Waals surface area contributed by atoms with Gasteiger partial charge in [0.2, 0.25) is 0 Å². The molecule has 1 aliphatic carbocycles. The Morgan fingerprint density at radius 3 is 2.50 bits per heavy atom. The van der Waals surface area contributed by atoms with Crippen LogP contribution in [0.4, 0.5) is 0 Å². The molecular formula is C18H30O8. The fourth-order valence-electron chi connectivity index (χ4n) is 3.87. The van der Waals surface area contributed by atoms with Gasteiger partial charge in [0.25, 0.3) is 0 Å². The van der Waals surface area contributed by atoms with Crippen molar-refractivity contribution in [2.24, 2.45) is 11.8 Å². The van der Waals surface area contributed by atoms with Crippen molar-refractivity contribution in [2.75, 3.05) is 6.61 Å². The van der Waals surface area contributed by atoms with Crippen LogP contribution in [-0.4, -0.2) is 74.9 Å². The summed E-state index contributed by atoms with van der Waals surface area (Å²) in [6.45, 7) is 1.50. The lowest BCUT2D eigenvalue weighted by Gasteiger charge is -2.41. The Bertz CT molecular complexity index is 480. The van der Waals surface area contributed by atoms with Crippen molar-refractivity contribution < 1.29 is 39.8 Å². The number of ether oxygens (including phenoxy) is 2. The molecule has 2 aliphatic rings. The normalized spacial score (nSPS) is 41.0. The molecule has 0 aromatic heterocycles. The largest absolute Gasteiger partial charge is 0.481 e. The predicted molar refractivity (Wildman–Crippen MR) is 91.2 cm³/mol. The van der Waals surface area contributed by atoms with Gasteiger partial charge in [-0.1, -0.05) is 19.1 Å². The van der Waals surface area contributed by atoms with Gasteiger partial charge in [-0.2, -0.15) is 0 Å². The van der Waals surface area contributed by atoms with E-state index >= 15 is 0 Å².